The van der Waals surface area contributed by atoms with Crippen LogP contribution in [0, 0.1) is 0 Å². The highest BCUT2D eigenvalue weighted by molar-refractivity contribution is 5.77. The summed E-state index contributed by atoms with van der Waals surface area (Å²) >= 11 is 0. The van der Waals surface area contributed by atoms with E-state index in [9.17, 15) is 4.79 Å². The van der Waals surface area contributed by atoms with E-state index in [-0.39, 0.29) is 12.5 Å². The summed E-state index contributed by atoms with van der Waals surface area (Å²) in [5.41, 5.74) is 2.13. The highest BCUT2D eigenvalue weighted by atomic mass is 16.5. The van der Waals surface area contributed by atoms with Gasteiger partial charge in [-0.2, -0.15) is 0 Å². The van der Waals surface area contributed by atoms with Gasteiger partial charge in [0.05, 0.1) is 13.2 Å². The molecule has 0 radical (unpaired) electrons. The van der Waals surface area contributed by atoms with Crippen LogP contribution in [-0.4, -0.2) is 25.7 Å². The summed E-state index contributed by atoms with van der Waals surface area (Å²) in [5, 5.41) is 2.87. The zero-order chi connectivity index (χ0) is 17.9. The fourth-order valence-corrected chi connectivity index (χ4v) is 2.28. The molecule has 134 valence electrons. The molecule has 5 heteroatoms. The van der Waals surface area contributed by atoms with Gasteiger partial charge in [0, 0.05) is 13.2 Å². The minimum Gasteiger partial charge on any atom is -0.494 e. The molecular weight excluding hydrogens is 318 g/mol. The highest BCUT2D eigenvalue weighted by Crippen LogP contribution is 2.17. The van der Waals surface area contributed by atoms with Crippen LogP contribution in [0.1, 0.15) is 25.0 Å². The maximum absolute atomic E-state index is 12.0. The standard InChI is InChI=1S/C20H25NO4/c1-3-23-14-17-8-6-5-7-16(17)13-21-20(22)15-25-19-11-9-18(10-12-19)24-4-2/h5-12H,3-4,13-15H2,1-2H3,(H,21,22). The van der Waals surface area contributed by atoms with Crippen molar-refractivity contribution in [2.75, 3.05) is 19.8 Å². The minimum atomic E-state index is -0.167. The van der Waals surface area contributed by atoms with Gasteiger partial charge in [-0.15, -0.1) is 0 Å². The molecule has 1 amide bonds. The second kappa shape index (κ2) is 10.4. The van der Waals surface area contributed by atoms with Gasteiger partial charge in [0.15, 0.2) is 6.61 Å². The van der Waals surface area contributed by atoms with E-state index >= 15 is 0 Å². The normalized spacial score (nSPS) is 10.3. The van der Waals surface area contributed by atoms with Crippen molar-refractivity contribution in [3.8, 4) is 11.5 Å². The van der Waals surface area contributed by atoms with E-state index in [0.717, 1.165) is 16.9 Å². The summed E-state index contributed by atoms with van der Waals surface area (Å²) in [4.78, 5) is 12.0. The average molecular weight is 343 g/mol. The van der Waals surface area contributed by atoms with E-state index in [1.54, 1.807) is 12.1 Å². The lowest BCUT2D eigenvalue weighted by molar-refractivity contribution is -0.123. The van der Waals surface area contributed by atoms with E-state index in [2.05, 4.69) is 5.32 Å². The van der Waals surface area contributed by atoms with Crippen molar-refractivity contribution in [3.05, 3.63) is 59.7 Å². The predicted molar refractivity (Wildman–Crippen MR) is 96.7 cm³/mol. The van der Waals surface area contributed by atoms with Crippen LogP contribution in [0.2, 0.25) is 0 Å². The molecule has 0 unspecified atom stereocenters. The lowest BCUT2D eigenvalue weighted by Crippen LogP contribution is -2.28. The van der Waals surface area contributed by atoms with Crippen molar-refractivity contribution in [2.24, 2.45) is 0 Å². The van der Waals surface area contributed by atoms with Crippen LogP contribution in [-0.2, 0) is 22.7 Å². The monoisotopic (exact) mass is 343 g/mol. The Bertz CT molecular complexity index is 655. The maximum atomic E-state index is 12.0. The van der Waals surface area contributed by atoms with Crippen LogP contribution < -0.4 is 14.8 Å². The molecule has 0 saturated carbocycles. The Labute approximate surface area is 148 Å². The van der Waals surface area contributed by atoms with Gasteiger partial charge in [-0.25, -0.2) is 0 Å². The summed E-state index contributed by atoms with van der Waals surface area (Å²) in [6.45, 7) is 6.15. The first-order valence-corrected chi connectivity index (χ1v) is 8.49. The second-order valence-electron chi connectivity index (χ2n) is 5.38. The van der Waals surface area contributed by atoms with E-state index in [1.165, 1.54) is 0 Å². The molecule has 0 spiro atoms. The number of benzene rings is 2. The summed E-state index contributed by atoms with van der Waals surface area (Å²) in [7, 11) is 0. The van der Waals surface area contributed by atoms with Crippen LogP contribution in [0.15, 0.2) is 48.5 Å². The van der Waals surface area contributed by atoms with Crippen LogP contribution in [0.25, 0.3) is 0 Å². The first kappa shape index (κ1) is 18.8. The predicted octanol–water partition coefficient (Wildman–Crippen LogP) is 3.32. The molecule has 0 aliphatic carbocycles. The van der Waals surface area contributed by atoms with Gasteiger partial charge >= 0.3 is 0 Å². The number of rotatable bonds is 10. The van der Waals surface area contributed by atoms with Crippen molar-refractivity contribution < 1.29 is 19.0 Å². The van der Waals surface area contributed by atoms with E-state index in [0.29, 0.717) is 32.1 Å². The van der Waals surface area contributed by atoms with Gasteiger partial charge in [0.25, 0.3) is 5.91 Å². The average Bonchev–Trinajstić information content (AvgIpc) is 2.65. The molecule has 5 nitrogen and oxygen atoms in total. The Morgan fingerprint density at radius 2 is 1.52 bits per heavy atom. The van der Waals surface area contributed by atoms with Crippen LogP contribution in [0.3, 0.4) is 0 Å². The zero-order valence-electron chi connectivity index (χ0n) is 14.8. The summed E-state index contributed by atoms with van der Waals surface area (Å²) in [6.07, 6.45) is 0. The van der Waals surface area contributed by atoms with Gasteiger partial charge in [-0.3, -0.25) is 4.79 Å². The van der Waals surface area contributed by atoms with Gasteiger partial charge in [0.2, 0.25) is 0 Å². The molecule has 0 aromatic heterocycles. The smallest absolute Gasteiger partial charge is 0.258 e. The fourth-order valence-electron chi connectivity index (χ4n) is 2.28. The first-order chi connectivity index (χ1) is 12.2. The largest absolute Gasteiger partial charge is 0.494 e. The van der Waals surface area contributed by atoms with E-state index in [4.69, 9.17) is 14.2 Å². The Balaban J connectivity index is 1.79. The quantitative estimate of drug-likeness (QED) is 0.719. The number of nitrogens with one attached hydrogen (secondary N) is 1. The Hall–Kier alpha value is -2.53. The summed E-state index contributed by atoms with van der Waals surface area (Å²) in [6, 6.07) is 15.1. The summed E-state index contributed by atoms with van der Waals surface area (Å²) < 4.78 is 16.3. The zero-order valence-corrected chi connectivity index (χ0v) is 14.8. The Morgan fingerprint density at radius 1 is 0.880 bits per heavy atom. The van der Waals surface area contributed by atoms with E-state index < -0.39 is 0 Å². The van der Waals surface area contributed by atoms with Crippen molar-refractivity contribution in [3.63, 3.8) is 0 Å². The molecule has 0 atom stereocenters. The first-order valence-electron chi connectivity index (χ1n) is 8.49. The second-order valence-corrected chi connectivity index (χ2v) is 5.38. The van der Waals surface area contributed by atoms with Crippen LogP contribution in [0.4, 0.5) is 0 Å². The molecule has 0 fully saturated rings. The molecule has 0 bridgehead atoms. The minimum absolute atomic E-state index is 0.0262. The third-order valence-corrected chi connectivity index (χ3v) is 3.56. The number of carbonyl (C=O) groups is 1. The highest BCUT2D eigenvalue weighted by Gasteiger charge is 2.06. The number of carbonyl (C=O) groups excluding carboxylic acids is 1. The topological polar surface area (TPSA) is 56.8 Å². The van der Waals surface area contributed by atoms with Crippen LogP contribution in [0.5, 0.6) is 11.5 Å². The Kier molecular flexibility index (Phi) is 7.79. The van der Waals surface area contributed by atoms with Crippen molar-refractivity contribution in [2.45, 2.75) is 27.0 Å². The third kappa shape index (κ3) is 6.47. The summed E-state index contributed by atoms with van der Waals surface area (Å²) in [5.74, 6) is 1.25. The third-order valence-electron chi connectivity index (χ3n) is 3.56. The maximum Gasteiger partial charge on any atom is 0.258 e. The SMILES string of the molecule is CCOCc1ccccc1CNC(=O)COc1ccc(OCC)cc1. The van der Waals surface area contributed by atoms with Crippen molar-refractivity contribution in [1.29, 1.82) is 0 Å². The Morgan fingerprint density at radius 3 is 2.16 bits per heavy atom. The number of hydrogen-bond donors (Lipinski definition) is 1. The van der Waals surface area contributed by atoms with Gasteiger partial charge < -0.3 is 19.5 Å². The van der Waals surface area contributed by atoms with Gasteiger partial charge in [-0.1, -0.05) is 24.3 Å². The molecule has 1 N–H and O–H groups in total. The molecule has 2 rings (SSSR count). The molecule has 25 heavy (non-hydrogen) atoms. The van der Waals surface area contributed by atoms with Crippen molar-refractivity contribution in [1.82, 2.24) is 5.32 Å². The van der Waals surface area contributed by atoms with Crippen LogP contribution >= 0.6 is 0 Å². The lowest BCUT2D eigenvalue weighted by atomic mass is 10.1. The van der Waals surface area contributed by atoms with Gasteiger partial charge in [-0.05, 0) is 49.2 Å². The fraction of sp³-hybridized carbons (Fsp3) is 0.350. The molecular formula is C20H25NO4. The van der Waals surface area contributed by atoms with E-state index in [1.807, 2.05) is 50.2 Å². The van der Waals surface area contributed by atoms with Gasteiger partial charge in [0.1, 0.15) is 11.5 Å². The number of amides is 1. The van der Waals surface area contributed by atoms with Crippen molar-refractivity contribution >= 4 is 5.91 Å². The number of ether oxygens (including phenoxy) is 3. The molecule has 0 heterocycles. The molecule has 0 saturated heterocycles. The molecule has 0 aliphatic heterocycles. The lowest BCUT2D eigenvalue weighted by Gasteiger charge is -2.11. The molecule has 0 aliphatic rings. The molecule has 2 aromatic rings. The molecule has 2 aromatic carbocycles. The number of hydrogen-bond acceptors (Lipinski definition) is 4.